The average Bonchev–Trinajstić information content (AvgIpc) is 2.04. The van der Waals surface area contributed by atoms with Crippen molar-refractivity contribution in [3.8, 4) is 0 Å². The minimum atomic E-state index is -0.140. The van der Waals surface area contributed by atoms with Gasteiger partial charge in [0.25, 0.3) is 0 Å². The fraction of sp³-hybridized carbons (Fsp3) is 0.750. The van der Waals surface area contributed by atoms with E-state index in [-0.39, 0.29) is 30.9 Å². The first-order valence-corrected chi connectivity index (χ1v) is 4.37. The number of nitrogens with zero attached hydrogens (tertiary/aromatic N) is 1. The van der Waals surface area contributed by atoms with E-state index < -0.39 is 0 Å². The van der Waals surface area contributed by atoms with E-state index in [9.17, 15) is 9.59 Å². The Kier molecular flexibility index (Phi) is 3.39. The molecule has 1 aliphatic heterocycles. The van der Waals surface area contributed by atoms with Crippen molar-refractivity contribution >= 4 is 11.8 Å². The molecule has 0 aliphatic carbocycles. The molecule has 5 heteroatoms. The van der Waals surface area contributed by atoms with E-state index >= 15 is 0 Å². The van der Waals surface area contributed by atoms with Gasteiger partial charge in [-0.3, -0.25) is 19.8 Å². The lowest BCUT2D eigenvalue weighted by molar-refractivity contribution is -0.148. The third-order valence-electron chi connectivity index (χ3n) is 2.03. The molecule has 1 saturated heterocycles. The minimum Gasteiger partial charge on any atom is -0.318 e. The third-order valence-corrected chi connectivity index (χ3v) is 2.03. The van der Waals surface area contributed by atoms with Gasteiger partial charge in [-0.1, -0.05) is 0 Å². The third kappa shape index (κ3) is 2.26. The number of carbonyl (C=O) groups is 2. The fourth-order valence-corrected chi connectivity index (χ4v) is 1.46. The van der Waals surface area contributed by atoms with Gasteiger partial charge in [0.1, 0.15) is 0 Å². The minimum absolute atomic E-state index is 0.0629. The number of amides is 2. The zero-order valence-corrected chi connectivity index (χ0v) is 7.96. The smallest absolute Gasteiger partial charge is 0.243 e. The van der Waals surface area contributed by atoms with Crippen LogP contribution in [-0.4, -0.2) is 49.4 Å². The van der Waals surface area contributed by atoms with E-state index in [0.717, 1.165) is 0 Å². The Hall–Kier alpha value is -0.940. The lowest BCUT2D eigenvalue weighted by Gasteiger charge is -2.30. The highest BCUT2D eigenvalue weighted by Crippen LogP contribution is 2.02. The lowest BCUT2D eigenvalue weighted by Crippen LogP contribution is -2.57. The van der Waals surface area contributed by atoms with E-state index in [2.05, 4.69) is 10.6 Å². The van der Waals surface area contributed by atoms with Gasteiger partial charge in [0, 0.05) is 12.6 Å². The summed E-state index contributed by atoms with van der Waals surface area (Å²) in [7, 11) is 1.80. The Morgan fingerprint density at radius 2 is 2.00 bits per heavy atom. The summed E-state index contributed by atoms with van der Waals surface area (Å²) in [4.78, 5) is 24.0. The molecule has 2 N–H and O–H groups in total. The van der Waals surface area contributed by atoms with Crippen LogP contribution in [0.3, 0.4) is 0 Å². The van der Waals surface area contributed by atoms with Gasteiger partial charge < -0.3 is 5.32 Å². The molecule has 1 fully saturated rings. The highest BCUT2D eigenvalue weighted by Gasteiger charge is 2.29. The maximum Gasteiger partial charge on any atom is 0.243 e. The molecular weight excluding hydrogens is 170 g/mol. The van der Waals surface area contributed by atoms with Crippen LogP contribution in [0.1, 0.15) is 6.92 Å². The van der Waals surface area contributed by atoms with Gasteiger partial charge in [-0.15, -0.1) is 0 Å². The van der Waals surface area contributed by atoms with Crippen LogP contribution in [0, 0.1) is 0 Å². The molecule has 5 nitrogen and oxygen atoms in total. The van der Waals surface area contributed by atoms with Crippen LogP contribution in [0.25, 0.3) is 0 Å². The molecular formula is C8H15N3O2. The summed E-state index contributed by atoms with van der Waals surface area (Å²) in [6.07, 6.45) is 0. The molecule has 0 aromatic carbocycles. The average molecular weight is 185 g/mol. The van der Waals surface area contributed by atoms with Gasteiger partial charge in [-0.2, -0.15) is 0 Å². The van der Waals surface area contributed by atoms with Crippen LogP contribution in [-0.2, 0) is 9.59 Å². The Bertz CT molecular complexity index is 201. The van der Waals surface area contributed by atoms with E-state index in [1.54, 1.807) is 7.05 Å². The van der Waals surface area contributed by atoms with Crippen LogP contribution in [0.4, 0.5) is 0 Å². The molecule has 0 saturated carbocycles. The zero-order chi connectivity index (χ0) is 9.84. The van der Waals surface area contributed by atoms with Gasteiger partial charge in [-0.05, 0) is 14.0 Å². The maximum absolute atomic E-state index is 11.3. The standard InChI is InChI=1S/C8H15N3O2/c1-6(3-9-2)11-7(12)4-10-5-8(11)13/h6,9-10H,3-5H2,1-2H3. The molecule has 0 bridgehead atoms. The Labute approximate surface area is 77.5 Å². The molecule has 0 aromatic rings. The normalized spacial score (nSPS) is 20.6. The number of rotatable bonds is 3. The summed E-state index contributed by atoms with van der Waals surface area (Å²) in [5.74, 6) is -0.280. The van der Waals surface area contributed by atoms with Crippen LogP contribution < -0.4 is 10.6 Å². The summed E-state index contributed by atoms with van der Waals surface area (Å²) < 4.78 is 0. The van der Waals surface area contributed by atoms with E-state index in [4.69, 9.17) is 0 Å². The number of piperazine rings is 1. The Morgan fingerprint density at radius 1 is 1.46 bits per heavy atom. The van der Waals surface area contributed by atoms with Gasteiger partial charge >= 0.3 is 0 Å². The second-order valence-electron chi connectivity index (χ2n) is 3.17. The quantitative estimate of drug-likeness (QED) is 0.528. The molecule has 13 heavy (non-hydrogen) atoms. The summed E-state index contributed by atoms with van der Waals surface area (Å²) >= 11 is 0. The van der Waals surface area contributed by atoms with Gasteiger partial charge in [0.2, 0.25) is 11.8 Å². The zero-order valence-electron chi connectivity index (χ0n) is 7.96. The molecule has 74 valence electrons. The predicted octanol–water partition coefficient (Wildman–Crippen LogP) is -1.45. The molecule has 1 rings (SSSR count). The van der Waals surface area contributed by atoms with Crippen molar-refractivity contribution in [3.63, 3.8) is 0 Å². The second kappa shape index (κ2) is 4.34. The first-order chi connectivity index (χ1) is 6.16. The summed E-state index contributed by atoms with van der Waals surface area (Å²) in [6.45, 7) is 3.02. The molecule has 0 spiro atoms. The van der Waals surface area contributed by atoms with Crippen molar-refractivity contribution in [2.24, 2.45) is 0 Å². The maximum atomic E-state index is 11.3. The topological polar surface area (TPSA) is 61.4 Å². The lowest BCUT2D eigenvalue weighted by atomic mass is 10.2. The van der Waals surface area contributed by atoms with E-state index in [1.807, 2.05) is 6.92 Å². The number of hydrogen-bond donors (Lipinski definition) is 2. The first kappa shape index (κ1) is 10.1. The molecule has 2 amide bonds. The molecule has 1 heterocycles. The van der Waals surface area contributed by atoms with Crippen LogP contribution in [0.2, 0.25) is 0 Å². The number of imide groups is 1. The predicted molar refractivity (Wildman–Crippen MR) is 48.1 cm³/mol. The highest BCUT2D eigenvalue weighted by atomic mass is 16.2. The molecule has 1 unspecified atom stereocenters. The second-order valence-corrected chi connectivity index (χ2v) is 3.17. The fourth-order valence-electron chi connectivity index (χ4n) is 1.46. The summed E-state index contributed by atoms with van der Waals surface area (Å²) in [6, 6.07) is -0.0629. The largest absolute Gasteiger partial charge is 0.318 e. The van der Waals surface area contributed by atoms with Crippen LogP contribution >= 0.6 is 0 Å². The van der Waals surface area contributed by atoms with Crippen molar-refractivity contribution in [1.29, 1.82) is 0 Å². The van der Waals surface area contributed by atoms with Gasteiger partial charge in [-0.25, -0.2) is 0 Å². The molecule has 0 aromatic heterocycles. The monoisotopic (exact) mass is 185 g/mol. The Morgan fingerprint density at radius 3 is 2.46 bits per heavy atom. The summed E-state index contributed by atoms with van der Waals surface area (Å²) in [5.41, 5.74) is 0. The molecule has 1 aliphatic rings. The SMILES string of the molecule is CNCC(C)N1C(=O)CNCC1=O. The van der Waals surface area contributed by atoms with Crippen molar-refractivity contribution in [3.05, 3.63) is 0 Å². The van der Waals surface area contributed by atoms with Crippen molar-refractivity contribution in [2.75, 3.05) is 26.7 Å². The van der Waals surface area contributed by atoms with Gasteiger partial charge in [0.05, 0.1) is 13.1 Å². The van der Waals surface area contributed by atoms with Crippen LogP contribution in [0.5, 0.6) is 0 Å². The number of likely N-dealkylation sites (N-methyl/N-ethyl adjacent to an activating group) is 1. The summed E-state index contributed by atoms with van der Waals surface area (Å²) in [5, 5.41) is 5.69. The van der Waals surface area contributed by atoms with Crippen molar-refractivity contribution in [2.45, 2.75) is 13.0 Å². The van der Waals surface area contributed by atoms with Crippen LogP contribution in [0.15, 0.2) is 0 Å². The first-order valence-electron chi connectivity index (χ1n) is 4.37. The highest BCUT2D eigenvalue weighted by molar-refractivity contribution is 5.99. The van der Waals surface area contributed by atoms with Crippen molar-refractivity contribution < 1.29 is 9.59 Å². The number of nitrogens with one attached hydrogen (secondary N) is 2. The number of hydrogen-bond acceptors (Lipinski definition) is 4. The Balaban J connectivity index is 2.62. The van der Waals surface area contributed by atoms with Crippen molar-refractivity contribution in [1.82, 2.24) is 15.5 Å². The van der Waals surface area contributed by atoms with E-state index in [1.165, 1.54) is 4.90 Å². The molecule has 0 radical (unpaired) electrons. The molecule has 1 atom stereocenters. The number of carbonyl (C=O) groups excluding carboxylic acids is 2. The van der Waals surface area contributed by atoms with E-state index in [0.29, 0.717) is 6.54 Å². The van der Waals surface area contributed by atoms with Gasteiger partial charge in [0.15, 0.2) is 0 Å².